The lowest BCUT2D eigenvalue weighted by Crippen LogP contribution is -2.46. The number of nitrogens with one attached hydrogen (secondary N) is 1. The molecule has 0 saturated carbocycles. The van der Waals surface area contributed by atoms with E-state index in [9.17, 15) is 4.79 Å². The average molecular weight is 492 g/mol. The van der Waals surface area contributed by atoms with Gasteiger partial charge in [-0.1, -0.05) is 24.1 Å². The molecule has 1 amide bonds. The molecule has 6 nitrogen and oxygen atoms in total. The number of fused-ring (bicyclic) bond motifs is 1. The number of benzene rings is 2. The number of hydrogen-bond acceptors (Lipinski definition) is 5. The summed E-state index contributed by atoms with van der Waals surface area (Å²) in [4.78, 5) is 24.9. The fraction of sp³-hybridized carbons (Fsp3) is 0.429. The molecule has 1 atom stereocenters. The molecular formula is C28H34ClN5O. The van der Waals surface area contributed by atoms with Crippen LogP contribution in [0, 0.1) is 0 Å². The highest BCUT2D eigenvalue weighted by Crippen LogP contribution is 2.28. The van der Waals surface area contributed by atoms with Crippen molar-refractivity contribution in [2.45, 2.75) is 32.2 Å². The fourth-order valence-electron chi connectivity index (χ4n) is 5.28. The molecule has 0 spiro atoms. The minimum Gasteiger partial charge on any atom is -0.368 e. The Labute approximate surface area is 212 Å². The number of aromatic nitrogens is 1. The smallest absolute Gasteiger partial charge is 0.251 e. The first-order valence-corrected chi connectivity index (χ1v) is 13.1. The standard InChI is InChI=1S/C28H34ClN5O/c1-21-4-2-3-14-32(21)15-13-31-28(35)23-6-5-22-11-12-30-27(26(22)20-23)34-18-16-33(17-19-34)25-9-7-24(29)8-10-25/h5-12,20-21H,2-4,13-19H2,1H3,(H,31,35)/t21-/m1/s1. The third-order valence-corrected chi connectivity index (χ3v) is 7.66. The summed E-state index contributed by atoms with van der Waals surface area (Å²) in [5, 5.41) is 6.02. The number of nitrogens with zero attached hydrogens (tertiary/aromatic N) is 4. The summed E-state index contributed by atoms with van der Waals surface area (Å²) < 4.78 is 0. The molecule has 2 aliphatic heterocycles. The Hall–Kier alpha value is -2.83. The van der Waals surface area contributed by atoms with Crippen LogP contribution in [0.2, 0.25) is 5.02 Å². The van der Waals surface area contributed by atoms with E-state index in [1.165, 1.54) is 24.9 Å². The van der Waals surface area contributed by atoms with Crippen molar-refractivity contribution >= 4 is 39.8 Å². The second kappa shape index (κ2) is 10.8. The van der Waals surface area contributed by atoms with Gasteiger partial charge in [-0.2, -0.15) is 0 Å². The zero-order valence-corrected chi connectivity index (χ0v) is 21.2. The second-order valence-corrected chi connectivity index (χ2v) is 10.1. The number of likely N-dealkylation sites (tertiary alicyclic amines) is 1. The number of rotatable bonds is 6. The molecule has 1 aromatic heterocycles. The number of halogens is 1. The summed E-state index contributed by atoms with van der Waals surface area (Å²) >= 11 is 6.05. The van der Waals surface area contributed by atoms with Crippen molar-refractivity contribution in [2.75, 3.05) is 55.6 Å². The van der Waals surface area contributed by atoms with Crippen molar-refractivity contribution in [1.29, 1.82) is 0 Å². The number of anilines is 2. The third-order valence-electron chi connectivity index (χ3n) is 7.40. The highest BCUT2D eigenvalue weighted by atomic mass is 35.5. The quantitative estimate of drug-likeness (QED) is 0.535. The van der Waals surface area contributed by atoms with E-state index in [1.54, 1.807) is 0 Å². The Balaban J connectivity index is 1.25. The van der Waals surface area contributed by atoms with Crippen LogP contribution in [0.25, 0.3) is 10.8 Å². The molecule has 5 rings (SSSR count). The normalized spacial score (nSPS) is 19.2. The van der Waals surface area contributed by atoms with Gasteiger partial charge >= 0.3 is 0 Å². The summed E-state index contributed by atoms with van der Waals surface area (Å²) in [5.41, 5.74) is 1.89. The largest absolute Gasteiger partial charge is 0.368 e. The number of carbonyl (C=O) groups is 1. The van der Waals surface area contributed by atoms with Crippen molar-refractivity contribution in [3.8, 4) is 0 Å². The van der Waals surface area contributed by atoms with E-state index in [4.69, 9.17) is 16.6 Å². The molecule has 2 fully saturated rings. The molecule has 0 bridgehead atoms. The van der Waals surface area contributed by atoms with Crippen molar-refractivity contribution < 1.29 is 4.79 Å². The second-order valence-electron chi connectivity index (χ2n) is 9.66. The fourth-order valence-corrected chi connectivity index (χ4v) is 5.41. The maximum Gasteiger partial charge on any atom is 0.251 e. The molecule has 7 heteroatoms. The molecule has 3 aromatic rings. The van der Waals surface area contributed by atoms with Crippen LogP contribution < -0.4 is 15.1 Å². The zero-order chi connectivity index (χ0) is 24.2. The van der Waals surface area contributed by atoms with Crippen molar-refractivity contribution in [2.24, 2.45) is 0 Å². The van der Waals surface area contributed by atoms with Crippen molar-refractivity contribution in [1.82, 2.24) is 15.2 Å². The lowest BCUT2D eigenvalue weighted by Gasteiger charge is -2.37. The van der Waals surface area contributed by atoms with E-state index in [2.05, 4.69) is 39.1 Å². The van der Waals surface area contributed by atoms with E-state index in [0.717, 1.165) is 60.9 Å². The molecule has 2 saturated heterocycles. The van der Waals surface area contributed by atoms with Crippen LogP contribution >= 0.6 is 11.6 Å². The minimum atomic E-state index is -0.0149. The SMILES string of the molecule is C[C@@H]1CCCCN1CCNC(=O)c1ccc2ccnc(N3CCN(c4ccc(Cl)cc4)CC3)c2c1. The highest BCUT2D eigenvalue weighted by Gasteiger charge is 2.21. The van der Waals surface area contributed by atoms with Gasteiger partial charge in [0, 0.05) is 73.2 Å². The molecular weight excluding hydrogens is 458 g/mol. The summed E-state index contributed by atoms with van der Waals surface area (Å²) in [6, 6.07) is 16.6. The molecule has 184 valence electrons. The Kier molecular flexibility index (Phi) is 7.40. The van der Waals surface area contributed by atoms with Crippen LogP contribution in [0.4, 0.5) is 11.5 Å². The third kappa shape index (κ3) is 5.54. The van der Waals surface area contributed by atoms with Crippen molar-refractivity contribution in [3.05, 3.63) is 65.3 Å². The van der Waals surface area contributed by atoms with E-state index < -0.39 is 0 Å². The number of piperidine rings is 1. The number of pyridine rings is 1. The number of amides is 1. The first-order chi connectivity index (χ1) is 17.1. The summed E-state index contributed by atoms with van der Waals surface area (Å²) in [5.74, 6) is 0.939. The van der Waals surface area contributed by atoms with Gasteiger partial charge in [0.1, 0.15) is 5.82 Å². The Morgan fingerprint density at radius 1 is 1.00 bits per heavy atom. The lowest BCUT2D eigenvalue weighted by molar-refractivity contribution is 0.0938. The Morgan fingerprint density at radius 2 is 1.77 bits per heavy atom. The first kappa shape index (κ1) is 23.9. The van der Waals surface area contributed by atoms with Crippen LogP contribution in [0.1, 0.15) is 36.5 Å². The molecule has 0 aliphatic carbocycles. The number of piperazine rings is 1. The van der Waals surface area contributed by atoms with Gasteiger partial charge in [-0.05, 0) is 74.2 Å². The van der Waals surface area contributed by atoms with Gasteiger partial charge in [-0.25, -0.2) is 4.98 Å². The maximum absolute atomic E-state index is 12.9. The number of carbonyl (C=O) groups excluding carboxylic acids is 1. The summed E-state index contributed by atoms with van der Waals surface area (Å²) in [7, 11) is 0. The van der Waals surface area contributed by atoms with E-state index in [-0.39, 0.29) is 5.91 Å². The Morgan fingerprint density at radius 3 is 2.54 bits per heavy atom. The Bertz CT molecular complexity index is 1160. The lowest BCUT2D eigenvalue weighted by atomic mass is 10.0. The van der Waals surface area contributed by atoms with Crippen LogP contribution in [0.3, 0.4) is 0 Å². The van der Waals surface area contributed by atoms with Crippen LogP contribution in [-0.4, -0.2) is 67.6 Å². The van der Waals surface area contributed by atoms with Gasteiger partial charge in [0.25, 0.3) is 5.91 Å². The predicted molar refractivity (Wildman–Crippen MR) is 145 cm³/mol. The van der Waals surface area contributed by atoms with Crippen LogP contribution in [0.5, 0.6) is 0 Å². The topological polar surface area (TPSA) is 51.7 Å². The van der Waals surface area contributed by atoms with Crippen LogP contribution in [-0.2, 0) is 0 Å². The summed E-state index contributed by atoms with van der Waals surface area (Å²) in [6.45, 7) is 8.57. The molecule has 3 heterocycles. The highest BCUT2D eigenvalue weighted by molar-refractivity contribution is 6.30. The van der Waals surface area contributed by atoms with E-state index >= 15 is 0 Å². The van der Waals surface area contributed by atoms with Gasteiger partial charge < -0.3 is 15.1 Å². The van der Waals surface area contributed by atoms with Gasteiger partial charge in [-0.3, -0.25) is 9.69 Å². The maximum atomic E-state index is 12.9. The molecule has 0 radical (unpaired) electrons. The molecule has 1 N–H and O–H groups in total. The molecule has 35 heavy (non-hydrogen) atoms. The molecule has 0 unspecified atom stereocenters. The minimum absolute atomic E-state index is 0.0149. The molecule has 2 aromatic carbocycles. The van der Waals surface area contributed by atoms with E-state index in [1.807, 2.05) is 42.6 Å². The summed E-state index contributed by atoms with van der Waals surface area (Å²) in [6.07, 6.45) is 5.69. The van der Waals surface area contributed by atoms with E-state index in [0.29, 0.717) is 18.2 Å². The predicted octanol–water partition coefficient (Wildman–Crippen LogP) is 4.82. The first-order valence-electron chi connectivity index (χ1n) is 12.7. The van der Waals surface area contributed by atoms with Gasteiger partial charge in [-0.15, -0.1) is 0 Å². The number of hydrogen-bond donors (Lipinski definition) is 1. The monoisotopic (exact) mass is 491 g/mol. The van der Waals surface area contributed by atoms with Crippen LogP contribution in [0.15, 0.2) is 54.7 Å². The van der Waals surface area contributed by atoms with Gasteiger partial charge in [0.05, 0.1) is 0 Å². The average Bonchev–Trinajstić information content (AvgIpc) is 2.89. The van der Waals surface area contributed by atoms with Gasteiger partial charge in [0.15, 0.2) is 0 Å². The van der Waals surface area contributed by atoms with Crippen molar-refractivity contribution in [3.63, 3.8) is 0 Å². The van der Waals surface area contributed by atoms with Gasteiger partial charge in [0.2, 0.25) is 0 Å². The molecule has 2 aliphatic rings. The zero-order valence-electron chi connectivity index (χ0n) is 20.4.